The Balaban J connectivity index is 2.48. The molecule has 0 radical (unpaired) electrons. The van der Waals surface area contributed by atoms with Gasteiger partial charge in [-0.2, -0.15) is 5.21 Å². The minimum absolute atomic E-state index is 0.255. The summed E-state index contributed by atoms with van der Waals surface area (Å²) in [5.74, 6) is -0.161. The molecule has 0 aromatic carbocycles. The van der Waals surface area contributed by atoms with E-state index in [1.54, 1.807) is 13.8 Å². The molecule has 8 nitrogen and oxygen atoms in total. The molecule has 2 amide bonds. The lowest BCUT2D eigenvalue weighted by Gasteiger charge is -2.15. The Kier molecular flexibility index (Phi) is 3.92. The minimum atomic E-state index is -0.591. The van der Waals surface area contributed by atoms with Gasteiger partial charge in [0.25, 0.3) is 0 Å². The molecule has 0 spiro atoms. The summed E-state index contributed by atoms with van der Waals surface area (Å²) in [5, 5.41) is 18.3. The van der Waals surface area contributed by atoms with Crippen LogP contribution in [0.4, 0.5) is 0 Å². The Morgan fingerprint density at radius 3 is 2.50 bits per heavy atom. The van der Waals surface area contributed by atoms with E-state index in [4.69, 9.17) is 0 Å². The van der Waals surface area contributed by atoms with E-state index < -0.39 is 6.04 Å². The largest absolute Gasteiger partial charge is 0.345 e. The molecule has 8 heteroatoms. The maximum Gasteiger partial charge on any atom is 0.242 e. The predicted octanol–water partition coefficient (Wildman–Crippen LogP) is -1.10. The highest BCUT2D eigenvalue weighted by Gasteiger charge is 2.18. The molecule has 0 aliphatic rings. The van der Waals surface area contributed by atoms with Crippen molar-refractivity contribution >= 4 is 11.8 Å². The summed E-state index contributed by atoms with van der Waals surface area (Å²) in [7, 11) is 0. The first kappa shape index (κ1) is 12.1. The zero-order chi connectivity index (χ0) is 12.1. The maximum absolute atomic E-state index is 11.6. The number of H-pyrrole nitrogens is 1. The third-order valence-electron chi connectivity index (χ3n) is 1.92. The predicted molar refractivity (Wildman–Crippen MR) is 54.0 cm³/mol. The summed E-state index contributed by atoms with van der Waals surface area (Å²) in [6, 6.07) is -0.950. The highest BCUT2D eigenvalue weighted by molar-refractivity contribution is 5.86. The lowest BCUT2D eigenvalue weighted by molar-refractivity contribution is -0.128. The third-order valence-corrected chi connectivity index (χ3v) is 1.92. The molecule has 0 aliphatic carbocycles. The second-order valence-electron chi connectivity index (χ2n) is 3.42. The van der Waals surface area contributed by atoms with Crippen molar-refractivity contribution in [3.63, 3.8) is 0 Å². The molecule has 1 aromatic heterocycles. The van der Waals surface area contributed by atoms with Crippen molar-refractivity contribution < 1.29 is 9.59 Å². The van der Waals surface area contributed by atoms with Crippen LogP contribution >= 0.6 is 0 Å². The summed E-state index contributed by atoms with van der Waals surface area (Å²) < 4.78 is 0. The van der Waals surface area contributed by atoms with Gasteiger partial charge in [0.2, 0.25) is 11.8 Å². The van der Waals surface area contributed by atoms with E-state index in [1.165, 1.54) is 6.92 Å². The van der Waals surface area contributed by atoms with Crippen molar-refractivity contribution in [2.24, 2.45) is 0 Å². The van der Waals surface area contributed by atoms with Crippen molar-refractivity contribution in [1.82, 2.24) is 31.3 Å². The van der Waals surface area contributed by atoms with Crippen molar-refractivity contribution in [2.75, 3.05) is 0 Å². The van der Waals surface area contributed by atoms with Crippen LogP contribution in [0.25, 0.3) is 0 Å². The number of carbonyl (C=O) groups is 2. The number of aromatic nitrogens is 4. The molecule has 1 aromatic rings. The molecule has 88 valence electrons. The van der Waals surface area contributed by atoms with Crippen molar-refractivity contribution in [1.29, 1.82) is 0 Å². The molecule has 0 saturated carbocycles. The van der Waals surface area contributed by atoms with Crippen LogP contribution in [0.3, 0.4) is 0 Å². The molecule has 1 heterocycles. The first-order chi connectivity index (χ1) is 7.50. The third kappa shape index (κ3) is 3.30. The monoisotopic (exact) mass is 226 g/mol. The van der Waals surface area contributed by atoms with E-state index in [0.29, 0.717) is 5.82 Å². The number of tetrazole rings is 1. The first-order valence-corrected chi connectivity index (χ1v) is 4.81. The standard InChI is InChI=1S/C8H14N6O2/c1-4(7-11-13-14-12-7)10-8(16)5(2)9-6(3)15/h4-5H,1-3H3,(H,9,15)(H,10,16)(H,11,12,13,14). The number of aromatic amines is 1. The molecular formula is C8H14N6O2. The van der Waals surface area contributed by atoms with E-state index in [0.717, 1.165) is 0 Å². The summed E-state index contributed by atoms with van der Waals surface area (Å²) in [4.78, 5) is 22.3. The van der Waals surface area contributed by atoms with E-state index >= 15 is 0 Å². The van der Waals surface area contributed by atoms with Gasteiger partial charge in [0, 0.05) is 6.92 Å². The van der Waals surface area contributed by atoms with Crippen LogP contribution in [0, 0.1) is 0 Å². The van der Waals surface area contributed by atoms with Gasteiger partial charge in [-0.05, 0) is 13.8 Å². The second-order valence-corrected chi connectivity index (χ2v) is 3.42. The fraction of sp³-hybridized carbons (Fsp3) is 0.625. The van der Waals surface area contributed by atoms with Gasteiger partial charge in [0.1, 0.15) is 6.04 Å². The molecule has 2 unspecified atom stereocenters. The molecule has 0 fully saturated rings. The molecule has 0 bridgehead atoms. The number of carbonyl (C=O) groups excluding carboxylic acids is 2. The SMILES string of the molecule is CC(=O)NC(C)C(=O)NC(C)c1nn[nH]n1. The van der Waals surface area contributed by atoms with E-state index in [1.807, 2.05) is 0 Å². The minimum Gasteiger partial charge on any atom is -0.345 e. The van der Waals surface area contributed by atoms with Gasteiger partial charge in [-0.15, -0.1) is 10.2 Å². The smallest absolute Gasteiger partial charge is 0.242 e. The average Bonchev–Trinajstić information content (AvgIpc) is 2.68. The fourth-order valence-corrected chi connectivity index (χ4v) is 1.13. The van der Waals surface area contributed by atoms with E-state index in [2.05, 4.69) is 31.3 Å². The molecule has 3 N–H and O–H groups in total. The van der Waals surface area contributed by atoms with Gasteiger partial charge in [-0.25, -0.2) is 0 Å². The number of hydrogen-bond acceptors (Lipinski definition) is 5. The van der Waals surface area contributed by atoms with Crippen LogP contribution in [-0.2, 0) is 9.59 Å². The van der Waals surface area contributed by atoms with Gasteiger partial charge in [-0.3, -0.25) is 9.59 Å². The molecule has 0 aliphatic heterocycles. The number of nitrogens with one attached hydrogen (secondary N) is 3. The van der Waals surface area contributed by atoms with Crippen LogP contribution < -0.4 is 10.6 Å². The summed E-state index contributed by atoms with van der Waals surface area (Å²) in [6.45, 7) is 4.68. The quantitative estimate of drug-likeness (QED) is 0.603. The van der Waals surface area contributed by atoms with Crippen LogP contribution in [0.2, 0.25) is 0 Å². The fourth-order valence-electron chi connectivity index (χ4n) is 1.13. The van der Waals surface area contributed by atoms with Crippen molar-refractivity contribution in [3.05, 3.63) is 5.82 Å². The lowest BCUT2D eigenvalue weighted by atomic mass is 10.2. The molecule has 1 rings (SSSR count). The van der Waals surface area contributed by atoms with Gasteiger partial charge in [-0.1, -0.05) is 5.21 Å². The van der Waals surface area contributed by atoms with Crippen molar-refractivity contribution in [2.45, 2.75) is 32.9 Å². The van der Waals surface area contributed by atoms with E-state index in [-0.39, 0.29) is 17.9 Å². The van der Waals surface area contributed by atoms with Gasteiger partial charge < -0.3 is 10.6 Å². The van der Waals surface area contributed by atoms with Gasteiger partial charge in [0.15, 0.2) is 5.82 Å². The van der Waals surface area contributed by atoms with Crippen LogP contribution in [0.15, 0.2) is 0 Å². The van der Waals surface area contributed by atoms with Crippen LogP contribution in [-0.4, -0.2) is 38.5 Å². The second kappa shape index (κ2) is 5.19. The Morgan fingerprint density at radius 2 is 2.00 bits per heavy atom. The normalized spacial score (nSPS) is 13.9. The average molecular weight is 226 g/mol. The Morgan fingerprint density at radius 1 is 1.31 bits per heavy atom. The Labute approximate surface area is 92.2 Å². The topological polar surface area (TPSA) is 113 Å². The van der Waals surface area contributed by atoms with Gasteiger partial charge in [0.05, 0.1) is 6.04 Å². The first-order valence-electron chi connectivity index (χ1n) is 4.81. The van der Waals surface area contributed by atoms with E-state index in [9.17, 15) is 9.59 Å². The maximum atomic E-state index is 11.6. The van der Waals surface area contributed by atoms with Crippen LogP contribution in [0.1, 0.15) is 32.6 Å². The zero-order valence-corrected chi connectivity index (χ0v) is 9.31. The zero-order valence-electron chi connectivity index (χ0n) is 9.31. The van der Waals surface area contributed by atoms with Crippen molar-refractivity contribution in [3.8, 4) is 0 Å². The number of rotatable bonds is 4. The van der Waals surface area contributed by atoms with Gasteiger partial charge >= 0.3 is 0 Å². The lowest BCUT2D eigenvalue weighted by Crippen LogP contribution is -2.44. The molecule has 0 saturated heterocycles. The number of nitrogens with zero attached hydrogens (tertiary/aromatic N) is 3. The number of hydrogen-bond donors (Lipinski definition) is 3. The summed E-state index contributed by atoms with van der Waals surface area (Å²) in [5.41, 5.74) is 0. The Bertz CT molecular complexity index is 363. The highest BCUT2D eigenvalue weighted by atomic mass is 16.2. The summed E-state index contributed by atoms with van der Waals surface area (Å²) in [6.07, 6.45) is 0. The molecular weight excluding hydrogens is 212 g/mol. The molecule has 16 heavy (non-hydrogen) atoms. The highest BCUT2D eigenvalue weighted by Crippen LogP contribution is 2.03. The number of amides is 2. The molecule has 2 atom stereocenters. The Hall–Kier alpha value is -1.99. The summed E-state index contributed by atoms with van der Waals surface area (Å²) >= 11 is 0. The van der Waals surface area contributed by atoms with Crippen LogP contribution in [0.5, 0.6) is 0 Å².